The molecule has 0 saturated carbocycles. The molecule has 25 heavy (non-hydrogen) atoms. The zero-order chi connectivity index (χ0) is 18.1. The maximum Gasteiger partial charge on any atom is 0.287 e. The number of pyridine rings is 1. The van der Waals surface area contributed by atoms with Crippen LogP contribution in [0.2, 0.25) is 0 Å². The fourth-order valence-corrected chi connectivity index (χ4v) is 1.84. The van der Waals surface area contributed by atoms with Crippen molar-refractivity contribution in [1.29, 1.82) is 5.26 Å². The second kappa shape index (κ2) is 8.83. The van der Waals surface area contributed by atoms with E-state index in [1.54, 1.807) is 24.4 Å². The largest absolute Gasteiger partial charge is 0.490 e. The molecule has 2 rings (SSSR count). The highest BCUT2D eigenvalue weighted by Gasteiger charge is 2.06. The summed E-state index contributed by atoms with van der Waals surface area (Å²) in [5, 5.41) is 23.2. The summed E-state index contributed by atoms with van der Waals surface area (Å²) in [5.74, 6) is 1.36. The normalized spacial score (nSPS) is 10.2. The van der Waals surface area contributed by atoms with E-state index >= 15 is 0 Å². The van der Waals surface area contributed by atoms with Crippen LogP contribution in [0.5, 0.6) is 11.5 Å². The van der Waals surface area contributed by atoms with Gasteiger partial charge in [0.05, 0.1) is 17.7 Å². The predicted octanol–water partition coefficient (Wildman–Crippen LogP) is 2.74. The van der Waals surface area contributed by atoms with Gasteiger partial charge in [-0.05, 0) is 36.8 Å². The van der Waals surface area contributed by atoms with E-state index in [2.05, 4.69) is 15.5 Å². The lowest BCUT2D eigenvalue weighted by molar-refractivity contribution is -0.385. The molecule has 1 aromatic carbocycles. The van der Waals surface area contributed by atoms with Crippen LogP contribution in [0.15, 0.2) is 41.6 Å². The number of hydrazone groups is 1. The van der Waals surface area contributed by atoms with E-state index < -0.39 is 4.92 Å². The molecule has 128 valence electrons. The number of hydrogen-bond donors (Lipinski definition) is 1. The molecule has 9 nitrogen and oxygen atoms in total. The van der Waals surface area contributed by atoms with Gasteiger partial charge in [-0.15, -0.1) is 0 Å². The maximum absolute atomic E-state index is 10.6. The monoisotopic (exact) mass is 341 g/mol. The summed E-state index contributed by atoms with van der Waals surface area (Å²) in [6.07, 6.45) is 2.69. The van der Waals surface area contributed by atoms with Crippen LogP contribution in [0.1, 0.15) is 12.5 Å². The highest BCUT2D eigenvalue weighted by Crippen LogP contribution is 2.28. The van der Waals surface area contributed by atoms with Gasteiger partial charge >= 0.3 is 0 Å². The second-order valence-corrected chi connectivity index (χ2v) is 4.61. The van der Waals surface area contributed by atoms with Crippen molar-refractivity contribution < 1.29 is 14.4 Å². The number of nitro groups is 1. The van der Waals surface area contributed by atoms with Crippen LogP contribution in [0.3, 0.4) is 0 Å². The molecule has 1 heterocycles. The van der Waals surface area contributed by atoms with Gasteiger partial charge in [-0.3, -0.25) is 15.5 Å². The third-order valence-corrected chi connectivity index (χ3v) is 2.91. The SMILES string of the molecule is CCOc1cc(/C=N/Nc2ccc([N+](=O)[O-])cn2)ccc1OCC#N. The molecule has 0 atom stereocenters. The number of aromatic nitrogens is 1. The first-order valence-electron chi connectivity index (χ1n) is 7.30. The lowest BCUT2D eigenvalue weighted by Crippen LogP contribution is -2.00. The topological polar surface area (TPSA) is 123 Å². The predicted molar refractivity (Wildman–Crippen MR) is 90.8 cm³/mol. The summed E-state index contributed by atoms with van der Waals surface area (Å²) >= 11 is 0. The molecule has 0 saturated heterocycles. The Kier molecular flexibility index (Phi) is 6.24. The molecule has 0 aliphatic carbocycles. The van der Waals surface area contributed by atoms with Crippen LogP contribution in [0.25, 0.3) is 0 Å². The molecule has 0 bridgehead atoms. The standard InChI is InChI=1S/C16H15N5O4/c1-2-24-15-9-12(3-5-14(15)25-8-7-17)10-19-20-16-6-4-13(11-18-16)21(22)23/h3-6,9-11H,2,8H2,1H3,(H,18,20)/b19-10+. The summed E-state index contributed by atoms with van der Waals surface area (Å²) in [4.78, 5) is 13.9. The molecular formula is C16H15N5O4. The number of ether oxygens (including phenoxy) is 2. The Labute approximate surface area is 143 Å². The van der Waals surface area contributed by atoms with Crippen molar-refractivity contribution in [2.75, 3.05) is 18.6 Å². The van der Waals surface area contributed by atoms with Crippen LogP contribution in [-0.4, -0.2) is 29.3 Å². The van der Waals surface area contributed by atoms with Crippen molar-refractivity contribution in [1.82, 2.24) is 4.98 Å². The summed E-state index contributed by atoms with van der Waals surface area (Å²) in [7, 11) is 0. The van der Waals surface area contributed by atoms with Gasteiger partial charge in [0, 0.05) is 6.07 Å². The van der Waals surface area contributed by atoms with Crippen LogP contribution in [-0.2, 0) is 0 Å². The molecule has 0 aliphatic rings. The van der Waals surface area contributed by atoms with Crippen molar-refractivity contribution in [3.05, 3.63) is 52.2 Å². The number of benzene rings is 1. The number of nitrogens with zero attached hydrogens (tertiary/aromatic N) is 4. The number of nitrogens with one attached hydrogen (secondary N) is 1. The van der Waals surface area contributed by atoms with Gasteiger partial charge in [-0.1, -0.05) is 0 Å². The Hall–Kier alpha value is -3.67. The first-order valence-corrected chi connectivity index (χ1v) is 7.30. The van der Waals surface area contributed by atoms with Crippen molar-refractivity contribution in [2.45, 2.75) is 6.92 Å². The smallest absolute Gasteiger partial charge is 0.287 e. The minimum absolute atomic E-state index is 0.0686. The molecule has 1 aromatic heterocycles. The third kappa shape index (κ3) is 5.18. The van der Waals surface area contributed by atoms with Crippen molar-refractivity contribution in [2.24, 2.45) is 5.10 Å². The van der Waals surface area contributed by atoms with Crippen LogP contribution in [0.4, 0.5) is 11.5 Å². The molecule has 0 unspecified atom stereocenters. The molecule has 9 heteroatoms. The summed E-state index contributed by atoms with van der Waals surface area (Å²) in [6.45, 7) is 2.23. The first-order chi connectivity index (χ1) is 12.1. The Morgan fingerprint density at radius 3 is 2.84 bits per heavy atom. The zero-order valence-electron chi connectivity index (χ0n) is 13.4. The molecule has 0 spiro atoms. The number of rotatable bonds is 8. The van der Waals surface area contributed by atoms with Gasteiger partial charge in [-0.2, -0.15) is 10.4 Å². The Bertz CT molecular complexity index is 799. The number of hydrogen-bond acceptors (Lipinski definition) is 8. The number of nitriles is 1. The Morgan fingerprint density at radius 1 is 1.36 bits per heavy atom. The van der Waals surface area contributed by atoms with Crippen LogP contribution in [0, 0.1) is 21.4 Å². The molecular weight excluding hydrogens is 326 g/mol. The van der Waals surface area contributed by atoms with Gasteiger partial charge in [0.15, 0.2) is 18.1 Å². The van der Waals surface area contributed by atoms with Crippen LogP contribution < -0.4 is 14.9 Å². The van der Waals surface area contributed by atoms with E-state index in [9.17, 15) is 10.1 Å². The number of anilines is 1. The molecule has 0 fully saturated rings. The molecule has 0 amide bonds. The van der Waals surface area contributed by atoms with Gasteiger partial charge in [-0.25, -0.2) is 4.98 Å². The maximum atomic E-state index is 10.6. The Balaban J connectivity index is 2.05. The summed E-state index contributed by atoms with van der Waals surface area (Å²) in [5.41, 5.74) is 3.32. The zero-order valence-corrected chi connectivity index (χ0v) is 13.4. The van der Waals surface area contributed by atoms with E-state index in [1.165, 1.54) is 12.1 Å². The molecule has 0 radical (unpaired) electrons. The van der Waals surface area contributed by atoms with E-state index in [0.717, 1.165) is 11.8 Å². The highest BCUT2D eigenvalue weighted by molar-refractivity contribution is 5.81. The summed E-state index contributed by atoms with van der Waals surface area (Å²) < 4.78 is 10.8. The molecule has 2 aromatic rings. The fraction of sp³-hybridized carbons (Fsp3) is 0.188. The average molecular weight is 341 g/mol. The van der Waals surface area contributed by atoms with E-state index in [4.69, 9.17) is 14.7 Å². The van der Waals surface area contributed by atoms with Crippen LogP contribution >= 0.6 is 0 Å². The minimum Gasteiger partial charge on any atom is -0.490 e. The van der Waals surface area contributed by atoms with Gasteiger partial charge < -0.3 is 9.47 Å². The Morgan fingerprint density at radius 2 is 2.20 bits per heavy atom. The second-order valence-electron chi connectivity index (χ2n) is 4.61. The average Bonchev–Trinajstić information content (AvgIpc) is 2.62. The van der Waals surface area contributed by atoms with Crippen molar-refractivity contribution in [3.63, 3.8) is 0 Å². The van der Waals surface area contributed by atoms with Gasteiger partial charge in [0.1, 0.15) is 18.1 Å². The van der Waals surface area contributed by atoms with Gasteiger partial charge in [0.25, 0.3) is 5.69 Å². The highest BCUT2D eigenvalue weighted by atomic mass is 16.6. The lowest BCUT2D eigenvalue weighted by Gasteiger charge is -2.10. The molecule has 1 N–H and O–H groups in total. The fourth-order valence-electron chi connectivity index (χ4n) is 1.84. The molecule has 0 aliphatic heterocycles. The summed E-state index contributed by atoms with van der Waals surface area (Å²) in [6, 6.07) is 9.86. The van der Waals surface area contributed by atoms with E-state index in [0.29, 0.717) is 23.9 Å². The minimum atomic E-state index is -0.523. The lowest BCUT2D eigenvalue weighted by atomic mass is 10.2. The quantitative estimate of drug-likeness (QED) is 0.445. The third-order valence-electron chi connectivity index (χ3n) is 2.91. The van der Waals surface area contributed by atoms with E-state index in [-0.39, 0.29) is 12.3 Å². The van der Waals surface area contributed by atoms with E-state index in [1.807, 2.05) is 13.0 Å². The first kappa shape index (κ1) is 17.7. The van der Waals surface area contributed by atoms with Crippen molar-refractivity contribution in [3.8, 4) is 17.6 Å². The van der Waals surface area contributed by atoms with Crippen molar-refractivity contribution >= 4 is 17.7 Å². The van der Waals surface area contributed by atoms with Gasteiger partial charge in [0.2, 0.25) is 0 Å².